The predicted octanol–water partition coefficient (Wildman–Crippen LogP) is 1.20. The Balaban J connectivity index is 1.95. The lowest BCUT2D eigenvalue weighted by molar-refractivity contribution is -0.136. The van der Waals surface area contributed by atoms with E-state index in [4.69, 9.17) is 5.73 Å². The lowest BCUT2D eigenvalue weighted by Crippen LogP contribution is -2.51. The Labute approximate surface area is 110 Å². The van der Waals surface area contributed by atoms with Gasteiger partial charge >= 0.3 is 0 Å². The van der Waals surface area contributed by atoms with E-state index < -0.39 is 0 Å². The monoisotopic (exact) mass is 253 g/mol. The van der Waals surface area contributed by atoms with Gasteiger partial charge in [0.25, 0.3) is 0 Å². The Hall–Kier alpha value is -0.610. The van der Waals surface area contributed by atoms with E-state index in [-0.39, 0.29) is 11.9 Å². The molecule has 0 aliphatic heterocycles. The molecule has 2 aliphatic carbocycles. The highest BCUT2D eigenvalue weighted by atomic mass is 16.2. The first kappa shape index (κ1) is 13.8. The fourth-order valence-corrected chi connectivity index (χ4v) is 3.10. The van der Waals surface area contributed by atoms with E-state index in [0.717, 1.165) is 12.8 Å². The summed E-state index contributed by atoms with van der Waals surface area (Å²) in [6.07, 6.45) is 7.02. The molecule has 4 nitrogen and oxygen atoms in total. The lowest BCUT2D eigenvalue weighted by Gasteiger charge is -2.39. The van der Waals surface area contributed by atoms with Gasteiger partial charge in [-0.15, -0.1) is 0 Å². The van der Waals surface area contributed by atoms with E-state index >= 15 is 0 Å². The van der Waals surface area contributed by atoms with Crippen LogP contribution in [0.15, 0.2) is 0 Å². The van der Waals surface area contributed by atoms with Gasteiger partial charge in [-0.3, -0.25) is 4.79 Å². The number of nitrogens with zero attached hydrogens (tertiary/aromatic N) is 2. The molecule has 2 fully saturated rings. The smallest absolute Gasteiger partial charge is 0.239 e. The van der Waals surface area contributed by atoms with Crippen LogP contribution < -0.4 is 5.73 Å². The maximum Gasteiger partial charge on any atom is 0.239 e. The van der Waals surface area contributed by atoms with Gasteiger partial charge in [0, 0.05) is 18.1 Å². The van der Waals surface area contributed by atoms with Crippen molar-refractivity contribution in [3.63, 3.8) is 0 Å². The SMILES string of the molecule is CC(N)C(=O)N(C1CCC(N(C)C)CC1)C1CC1. The Kier molecular flexibility index (Phi) is 4.28. The zero-order chi connectivity index (χ0) is 13.3. The summed E-state index contributed by atoms with van der Waals surface area (Å²) >= 11 is 0. The van der Waals surface area contributed by atoms with Crippen molar-refractivity contribution >= 4 is 5.91 Å². The van der Waals surface area contributed by atoms with Crippen molar-refractivity contribution in [2.24, 2.45) is 5.73 Å². The van der Waals surface area contributed by atoms with Gasteiger partial charge in [0.1, 0.15) is 0 Å². The van der Waals surface area contributed by atoms with Crippen LogP contribution in [-0.2, 0) is 4.79 Å². The van der Waals surface area contributed by atoms with Crippen molar-refractivity contribution in [3.05, 3.63) is 0 Å². The summed E-state index contributed by atoms with van der Waals surface area (Å²) in [6.45, 7) is 1.81. The highest BCUT2D eigenvalue weighted by molar-refractivity contribution is 5.82. The molecule has 0 radical (unpaired) electrons. The van der Waals surface area contributed by atoms with Gasteiger partial charge in [-0.1, -0.05) is 0 Å². The molecule has 2 saturated carbocycles. The van der Waals surface area contributed by atoms with E-state index in [0.29, 0.717) is 18.1 Å². The zero-order valence-electron chi connectivity index (χ0n) is 11.9. The van der Waals surface area contributed by atoms with E-state index in [2.05, 4.69) is 23.9 Å². The molecule has 2 rings (SSSR count). The van der Waals surface area contributed by atoms with Crippen LogP contribution >= 0.6 is 0 Å². The van der Waals surface area contributed by atoms with Gasteiger partial charge in [-0.25, -0.2) is 0 Å². The van der Waals surface area contributed by atoms with Gasteiger partial charge in [-0.05, 0) is 59.5 Å². The van der Waals surface area contributed by atoms with Crippen LogP contribution in [0.5, 0.6) is 0 Å². The standard InChI is InChI=1S/C14H27N3O/c1-10(15)14(18)17(13-8-9-13)12-6-4-11(5-7-12)16(2)3/h10-13H,4-9,15H2,1-3H3. The number of rotatable bonds is 4. The maximum atomic E-state index is 12.2. The molecule has 18 heavy (non-hydrogen) atoms. The Morgan fingerprint density at radius 3 is 1.72 bits per heavy atom. The second-order valence-corrected chi connectivity index (χ2v) is 6.19. The van der Waals surface area contributed by atoms with E-state index in [1.54, 1.807) is 0 Å². The molecule has 2 N–H and O–H groups in total. The molecule has 0 spiro atoms. The third kappa shape index (κ3) is 3.04. The zero-order valence-corrected chi connectivity index (χ0v) is 11.9. The molecule has 4 heteroatoms. The first-order valence-electron chi connectivity index (χ1n) is 7.25. The van der Waals surface area contributed by atoms with Crippen molar-refractivity contribution in [2.75, 3.05) is 14.1 Å². The number of amides is 1. The van der Waals surface area contributed by atoms with Crippen LogP contribution in [0.2, 0.25) is 0 Å². The summed E-state index contributed by atoms with van der Waals surface area (Å²) in [5.74, 6) is 0.158. The minimum Gasteiger partial charge on any atom is -0.335 e. The maximum absolute atomic E-state index is 12.2. The minimum atomic E-state index is -0.350. The van der Waals surface area contributed by atoms with Gasteiger partial charge in [0.2, 0.25) is 5.91 Å². The number of carbonyl (C=O) groups is 1. The van der Waals surface area contributed by atoms with E-state index in [1.807, 2.05) is 6.92 Å². The highest BCUT2D eigenvalue weighted by Crippen LogP contribution is 2.34. The fraction of sp³-hybridized carbons (Fsp3) is 0.929. The summed E-state index contributed by atoms with van der Waals surface area (Å²) in [4.78, 5) is 16.7. The minimum absolute atomic E-state index is 0.158. The molecule has 0 bridgehead atoms. The first-order valence-corrected chi connectivity index (χ1v) is 7.25. The number of nitrogens with two attached hydrogens (primary N) is 1. The normalized spacial score (nSPS) is 30.3. The predicted molar refractivity (Wildman–Crippen MR) is 73.2 cm³/mol. The summed E-state index contributed by atoms with van der Waals surface area (Å²) in [7, 11) is 4.30. The first-order chi connectivity index (χ1) is 8.50. The molecule has 2 aliphatic rings. The average molecular weight is 253 g/mol. The van der Waals surface area contributed by atoms with Gasteiger partial charge in [-0.2, -0.15) is 0 Å². The Bertz CT molecular complexity index is 291. The van der Waals surface area contributed by atoms with Gasteiger partial charge in [0.15, 0.2) is 0 Å². The van der Waals surface area contributed by atoms with Gasteiger partial charge < -0.3 is 15.5 Å². The third-order valence-electron chi connectivity index (χ3n) is 4.37. The highest BCUT2D eigenvalue weighted by Gasteiger charge is 2.39. The van der Waals surface area contributed by atoms with Crippen molar-refractivity contribution in [1.82, 2.24) is 9.80 Å². The van der Waals surface area contributed by atoms with Crippen LogP contribution in [0.1, 0.15) is 45.4 Å². The summed E-state index contributed by atoms with van der Waals surface area (Å²) in [5, 5.41) is 0. The lowest BCUT2D eigenvalue weighted by atomic mass is 9.89. The largest absolute Gasteiger partial charge is 0.335 e. The Morgan fingerprint density at radius 2 is 1.39 bits per heavy atom. The average Bonchev–Trinajstić information content (AvgIpc) is 3.14. The van der Waals surface area contributed by atoms with Crippen LogP contribution in [0.4, 0.5) is 0 Å². The van der Waals surface area contributed by atoms with Gasteiger partial charge in [0.05, 0.1) is 6.04 Å². The van der Waals surface area contributed by atoms with Crippen molar-refractivity contribution in [3.8, 4) is 0 Å². The van der Waals surface area contributed by atoms with E-state index in [1.165, 1.54) is 25.7 Å². The summed E-state index contributed by atoms with van der Waals surface area (Å²) < 4.78 is 0. The Morgan fingerprint density at radius 1 is 1.00 bits per heavy atom. The fourth-order valence-electron chi connectivity index (χ4n) is 3.10. The molecule has 104 valence electrons. The quantitative estimate of drug-likeness (QED) is 0.819. The number of carbonyl (C=O) groups excluding carboxylic acids is 1. The van der Waals surface area contributed by atoms with Crippen LogP contribution in [0, 0.1) is 0 Å². The van der Waals surface area contributed by atoms with Crippen molar-refractivity contribution in [1.29, 1.82) is 0 Å². The summed E-state index contributed by atoms with van der Waals surface area (Å²) in [6, 6.07) is 1.27. The molecule has 1 unspecified atom stereocenters. The molecule has 0 aromatic carbocycles. The van der Waals surface area contributed by atoms with Crippen LogP contribution in [0.25, 0.3) is 0 Å². The van der Waals surface area contributed by atoms with Crippen molar-refractivity contribution < 1.29 is 4.79 Å². The molecular weight excluding hydrogens is 226 g/mol. The molecule has 1 atom stereocenters. The second-order valence-electron chi connectivity index (χ2n) is 6.19. The second kappa shape index (κ2) is 5.57. The van der Waals surface area contributed by atoms with E-state index in [9.17, 15) is 4.79 Å². The molecular formula is C14H27N3O. The number of hydrogen-bond donors (Lipinski definition) is 1. The molecule has 0 saturated heterocycles. The molecule has 0 aromatic heterocycles. The summed E-state index contributed by atoms with van der Waals surface area (Å²) in [5.41, 5.74) is 5.79. The molecule has 1 amide bonds. The third-order valence-corrected chi connectivity index (χ3v) is 4.37. The number of hydrogen-bond acceptors (Lipinski definition) is 3. The van der Waals surface area contributed by atoms with Crippen LogP contribution in [0.3, 0.4) is 0 Å². The topological polar surface area (TPSA) is 49.6 Å². The van der Waals surface area contributed by atoms with Crippen molar-refractivity contribution in [2.45, 2.75) is 69.6 Å². The molecule has 0 heterocycles. The molecule has 0 aromatic rings. The van der Waals surface area contributed by atoms with Crippen LogP contribution in [-0.4, -0.2) is 54.0 Å².